The van der Waals surface area contributed by atoms with Gasteiger partial charge >= 0.3 is 5.97 Å². The van der Waals surface area contributed by atoms with E-state index >= 15 is 0 Å². The lowest BCUT2D eigenvalue weighted by molar-refractivity contribution is -0.145. The molecule has 140 valence electrons. The van der Waals surface area contributed by atoms with E-state index in [0.717, 1.165) is 18.6 Å². The van der Waals surface area contributed by atoms with Crippen molar-refractivity contribution in [3.05, 3.63) is 0 Å². The highest BCUT2D eigenvalue weighted by atomic mass is 32.2. The van der Waals surface area contributed by atoms with Gasteiger partial charge in [0.1, 0.15) is 6.04 Å². The molecule has 1 fully saturated rings. The molecule has 4 nitrogen and oxygen atoms in total. The Morgan fingerprint density at radius 3 is 2.04 bits per heavy atom. The number of carboxylic acid groups (broad SMARTS) is 1. The van der Waals surface area contributed by atoms with Crippen molar-refractivity contribution in [2.45, 2.75) is 90.9 Å². The number of rotatable bonds is 6. The van der Waals surface area contributed by atoms with Crippen LogP contribution >= 0.6 is 11.8 Å². The fraction of sp³-hybridized carbons (Fsp3) is 0.895. The van der Waals surface area contributed by atoms with Gasteiger partial charge in [0.2, 0.25) is 5.91 Å². The summed E-state index contributed by atoms with van der Waals surface area (Å²) in [5.41, 5.74) is -0.484. The van der Waals surface area contributed by atoms with Gasteiger partial charge in [-0.3, -0.25) is 4.79 Å². The monoisotopic (exact) mass is 357 g/mol. The number of carbonyl (C=O) groups is 2. The Hall–Kier alpha value is -0.710. The molecule has 1 rings (SSSR count). The van der Waals surface area contributed by atoms with Gasteiger partial charge in [0, 0.05) is 11.2 Å². The Morgan fingerprint density at radius 1 is 1.08 bits per heavy atom. The highest BCUT2D eigenvalue weighted by molar-refractivity contribution is 8.00. The van der Waals surface area contributed by atoms with Gasteiger partial charge in [-0.1, -0.05) is 60.8 Å². The molecular formula is C19H35NO3S. The van der Waals surface area contributed by atoms with Crippen molar-refractivity contribution in [3.8, 4) is 0 Å². The van der Waals surface area contributed by atoms with E-state index in [1.54, 1.807) is 0 Å². The van der Waals surface area contributed by atoms with Crippen molar-refractivity contribution in [2.24, 2.45) is 10.8 Å². The molecular weight excluding hydrogens is 322 g/mol. The molecule has 1 saturated carbocycles. The van der Waals surface area contributed by atoms with Crippen LogP contribution in [0.2, 0.25) is 0 Å². The van der Waals surface area contributed by atoms with Gasteiger partial charge in [-0.25, -0.2) is 4.79 Å². The normalized spacial score (nSPS) is 19.6. The Balaban J connectivity index is 2.78. The maximum absolute atomic E-state index is 12.6. The van der Waals surface area contributed by atoms with Gasteiger partial charge < -0.3 is 10.4 Å². The molecule has 0 aromatic carbocycles. The summed E-state index contributed by atoms with van der Waals surface area (Å²) in [5, 5.41) is 12.2. The maximum Gasteiger partial charge on any atom is 0.326 e. The molecule has 0 aromatic heterocycles. The van der Waals surface area contributed by atoms with Crippen molar-refractivity contribution in [3.63, 3.8) is 0 Å². The first kappa shape index (κ1) is 21.3. The lowest BCUT2D eigenvalue weighted by atomic mass is 9.73. The lowest BCUT2D eigenvalue weighted by Crippen LogP contribution is -2.50. The second kappa shape index (κ2) is 8.11. The summed E-state index contributed by atoms with van der Waals surface area (Å²) in [6.07, 6.45) is 6.14. The average molecular weight is 358 g/mol. The van der Waals surface area contributed by atoms with E-state index in [1.807, 2.05) is 32.5 Å². The Bertz CT molecular complexity index is 443. The predicted octanol–water partition coefficient (Wildman–Crippen LogP) is 4.47. The van der Waals surface area contributed by atoms with Gasteiger partial charge in [-0.15, -0.1) is 0 Å². The fourth-order valence-corrected chi connectivity index (χ4v) is 4.37. The molecule has 0 spiro atoms. The third-order valence-electron chi connectivity index (χ3n) is 4.68. The van der Waals surface area contributed by atoms with Crippen LogP contribution in [0.25, 0.3) is 0 Å². The van der Waals surface area contributed by atoms with Gasteiger partial charge in [0.15, 0.2) is 0 Å². The number of hydrogen-bond donors (Lipinski definition) is 2. The zero-order chi connectivity index (χ0) is 18.6. The molecule has 0 bridgehead atoms. The van der Waals surface area contributed by atoms with Crippen molar-refractivity contribution < 1.29 is 14.7 Å². The molecule has 2 N–H and O–H groups in total. The number of hydrogen-bond acceptors (Lipinski definition) is 3. The molecule has 1 amide bonds. The summed E-state index contributed by atoms with van der Waals surface area (Å²) >= 11 is 1.92. The van der Waals surface area contributed by atoms with Gasteiger partial charge in [0.05, 0.1) is 0 Å². The van der Waals surface area contributed by atoms with Crippen LogP contribution in [0.15, 0.2) is 0 Å². The summed E-state index contributed by atoms with van der Waals surface area (Å²) in [6, 6.07) is -0.846. The zero-order valence-corrected chi connectivity index (χ0v) is 17.0. The second-order valence-corrected chi connectivity index (χ2v) is 11.1. The first-order valence-electron chi connectivity index (χ1n) is 9.01. The standard InChI is InChI=1S/C19H35NO3S/c1-17(2,3)15(16(22)23)20-14(21)12-19(10-8-7-9-11-19)13-24-18(4,5)6/h15H,7-13H2,1-6H3,(H,20,21)(H,22,23)/t15-/m1/s1. The first-order chi connectivity index (χ1) is 10.8. The molecule has 24 heavy (non-hydrogen) atoms. The minimum absolute atomic E-state index is 0.0151. The van der Waals surface area contributed by atoms with Gasteiger partial charge in [-0.2, -0.15) is 11.8 Å². The van der Waals surface area contributed by atoms with Crippen LogP contribution in [0.3, 0.4) is 0 Å². The van der Waals surface area contributed by atoms with E-state index in [1.165, 1.54) is 19.3 Å². The minimum atomic E-state index is -0.961. The third kappa shape index (κ3) is 7.04. The van der Waals surface area contributed by atoms with Crippen LogP contribution in [-0.2, 0) is 9.59 Å². The van der Waals surface area contributed by atoms with Crippen molar-refractivity contribution in [1.82, 2.24) is 5.32 Å². The SMILES string of the molecule is CC(C)(C)SCC1(CC(=O)N[C@H](C(=O)O)C(C)(C)C)CCCCC1. The van der Waals surface area contributed by atoms with Crippen LogP contribution in [0.5, 0.6) is 0 Å². The van der Waals surface area contributed by atoms with Crippen molar-refractivity contribution in [2.75, 3.05) is 5.75 Å². The maximum atomic E-state index is 12.6. The molecule has 1 aliphatic rings. The van der Waals surface area contributed by atoms with Crippen LogP contribution in [0, 0.1) is 10.8 Å². The highest BCUT2D eigenvalue weighted by Crippen LogP contribution is 2.44. The van der Waals surface area contributed by atoms with Gasteiger partial charge in [0.25, 0.3) is 0 Å². The van der Waals surface area contributed by atoms with E-state index in [0.29, 0.717) is 6.42 Å². The molecule has 5 heteroatoms. The topological polar surface area (TPSA) is 66.4 Å². The summed E-state index contributed by atoms with van der Waals surface area (Å²) in [4.78, 5) is 24.1. The molecule has 0 radical (unpaired) electrons. The van der Waals surface area contributed by atoms with Crippen molar-refractivity contribution >= 4 is 23.6 Å². The average Bonchev–Trinajstić information content (AvgIpc) is 2.41. The number of amides is 1. The lowest BCUT2D eigenvalue weighted by Gasteiger charge is -2.39. The number of carboxylic acids is 1. The number of thioether (sulfide) groups is 1. The Morgan fingerprint density at radius 2 is 1.62 bits per heavy atom. The summed E-state index contributed by atoms with van der Waals surface area (Å²) in [6.45, 7) is 12.1. The predicted molar refractivity (Wildman–Crippen MR) is 101 cm³/mol. The first-order valence-corrected chi connectivity index (χ1v) is 9.99. The summed E-state index contributed by atoms with van der Waals surface area (Å²) in [7, 11) is 0. The molecule has 0 heterocycles. The smallest absolute Gasteiger partial charge is 0.326 e. The quantitative estimate of drug-likeness (QED) is 0.736. The second-order valence-electron chi connectivity index (χ2n) is 9.34. The number of aliphatic carboxylic acids is 1. The van der Waals surface area contributed by atoms with E-state index < -0.39 is 17.4 Å². The van der Waals surface area contributed by atoms with Crippen LogP contribution in [0.4, 0.5) is 0 Å². The molecule has 0 aliphatic heterocycles. The van der Waals surface area contributed by atoms with E-state index in [9.17, 15) is 14.7 Å². The summed E-state index contributed by atoms with van der Waals surface area (Å²) < 4.78 is 0.177. The summed E-state index contributed by atoms with van der Waals surface area (Å²) in [5.74, 6) is -0.108. The molecule has 1 atom stereocenters. The highest BCUT2D eigenvalue weighted by Gasteiger charge is 2.38. The molecule has 1 aliphatic carbocycles. The van der Waals surface area contributed by atoms with Crippen LogP contribution in [0.1, 0.15) is 80.1 Å². The molecule has 0 aromatic rings. The fourth-order valence-electron chi connectivity index (χ4n) is 3.24. The Kier molecular flexibility index (Phi) is 7.21. The van der Waals surface area contributed by atoms with Crippen LogP contribution < -0.4 is 5.32 Å². The largest absolute Gasteiger partial charge is 0.480 e. The van der Waals surface area contributed by atoms with Gasteiger partial charge in [-0.05, 0) is 29.4 Å². The van der Waals surface area contributed by atoms with E-state index in [-0.39, 0.29) is 16.1 Å². The molecule has 0 saturated heterocycles. The zero-order valence-electron chi connectivity index (χ0n) is 16.2. The van der Waals surface area contributed by atoms with Crippen LogP contribution in [-0.4, -0.2) is 33.5 Å². The number of nitrogens with one attached hydrogen (secondary N) is 1. The third-order valence-corrected chi connectivity index (χ3v) is 6.30. The Labute approximate surface area is 151 Å². The minimum Gasteiger partial charge on any atom is -0.480 e. The van der Waals surface area contributed by atoms with E-state index in [2.05, 4.69) is 26.1 Å². The number of carbonyl (C=O) groups excluding carboxylic acids is 1. The van der Waals surface area contributed by atoms with E-state index in [4.69, 9.17) is 0 Å². The molecule has 0 unspecified atom stereocenters. The van der Waals surface area contributed by atoms with Crippen molar-refractivity contribution in [1.29, 1.82) is 0 Å².